The van der Waals surface area contributed by atoms with Crippen LogP contribution in [0.3, 0.4) is 0 Å². The fourth-order valence-electron chi connectivity index (χ4n) is 2.05. The van der Waals surface area contributed by atoms with Crippen LogP contribution < -0.4 is 19.5 Å². The summed E-state index contributed by atoms with van der Waals surface area (Å²) >= 11 is 4.75. The molecule has 0 aliphatic carbocycles. The van der Waals surface area contributed by atoms with Gasteiger partial charge in [-0.2, -0.15) is 17.6 Å². The number of amides is 1. The van der Waals surface area contributed by atoms with Gasteiger partial charge in [-0.25, -0.2) is 4.39 Å². The second-order valence-corrected chi connectivity index (χ2v) is 5.54. The Hall–Kier alpha value is -2.75. The van der Waals surface area contributed by atoms with Gasteiger partial charge in [-0.3, -0.25) is 4.79 Å². The summed E-state index contributed by atoms with van der Waals surface area (Å²) in [5, 5.41) is 2.29. The van der Waals surface area contributed by atoms with Crippen LogP contribution in [-0.4, -0.2) is 31.4 Å². The molecule has 2 aromatic carbocycles. The largest absolute Gasteiger partial charge is 0.493 e. The molecule has 28 heavy (non-hydrogen) atoms. The molecule has 0 spiro atoms. The summed E-state index contributed by atoms with van der Waals surface area (Å²) in [5.74, 6) is -1.78. The smallest absolute Gasteiger partial charge is 0.444 e. The first-order valence-electron chi connectivity index (χ1n) is 7.52. The molecule has 152 valence electrons. The molecule has 0 aliphatic rings. The first kappa shape index (κ1) is 21.5. The molecule has 5 nitrogen and oxygen atoms in total. The van der Waals surface area contributed by atoms with Gasteiger partial charge in [-0.05, 0) is 30.3 Å². The number of carbonyl (C=O) groups is 1. The van der Waals surface area contributed by atoms with Crippen LogP contribution in [0.2, 0.25) is 0 Å². The minimum atomic E-state index is -4.33. The number of anilines is 1. The van der Waals surface area contributed by atoms with E-state index in [1.807, 2.05) is 0 Å². The highest BCUT2D eigenvalue weighted by Gasteiger charge is 2.42. The lowest BCUT2D eigenvalue weighted by atomic mass is 10.1. The molecule has 1 unspecified atom stereocenters. The van der Waals surface area contributed by atoms with Gasteiger partial charge < -0.3 is 19.5 Å². The van der Waals surface area contributed by atoms with Gasteiger partial charge in [-0.15, -0.1) is 0 Å². The van der Waals surface area contributed by atoms with E-state index in [0.29, 0.717) is 0 Å². The summed E-state index contributed by atoms with van der Waals surface area (Å²) in [4.78, 5) is 12.4. The minimum Gasteiger partial charge on any atom is -0.493 e. The van der Waals surface area contributed by atoms with Crippen molar-refractivity contribution in [2.24, 2.45) is 0 Å². The number of hydrogen-bond acceptors (Lipinski definition) is 4. The van der Waals surface area contributed by atoms with Crippen LogP contribution in [0.5, 0.6) is 17.2 Å². The summed E-state index contributed by atoms with van der Waals surface area (Å²) in [6.45, 7) is -3.10. The van der Waals surface area contributed by atoms with Crippen molar-refractivity contribution in [2.45, 2.75) is 18.4 Å². The van der Waals surface area contributed by atoms with Gasteiger partial charge in [0.25, 0.3) is 11.5 Å². The average molecular weight is 426 g/mol. The number of hydrogen-bond donors (Lipinski definition) is 1. The number of carbonyl (C=O) groups excluding carboxylic acids is 1. The average Bonchev–Trinajstić information content (AvgIpc) is 2.62. The lowest BCUT2D eigenvalue weighted by Gasteiger charge is -2.20. The van der Waals surface area contributed by atoms with Crippen molar-refractivity contribution in [3.63, 3.8) is 0 Å². The zero-order valence-electron chi connectivity index (χ0n) is 14.1. The Balaban J connectivity index is 2.24. The Morgan fingerprint density at radius 1 is 1.07 bits per heavy atom. The minimum absolute atomic E-state index is 0.0549. The Labute approximate surface area is 160 Å². The number of rotatable bonds is 8. The summed E-state index contributed by atoms with van der Waals surface area (Å²) in [7, 11) is 1.18. The summed E-state index contributed by atoms with van der Waals surface area (Å²) in [5.41, 5.74) is -3.36. The third-order valence-corrected chi connectivity index (χ3v) is 3.53. The molecule has 0 aromatic heterocycles. The molecule has 1 atom stereocenters. The second kappa shape index (κ2) is 8.96. The van der Waals surface area contributed by atoms with Crippen molar-refractivity contribution in [1.82, 2.24) is 0 Å². The maximum Gasteiger partial charge on any atom is 0.444 e. The monoisotopic (exact) mass is 425 g/mol. The summed E-state index contributed by atoms with van der Waals surface area (Å²) < 4.78 is 77.6. The molecule has 0 aliphatic heterocycles. The zero-order valence-corrected chi connectivity index (χ0v) is 14.9. The fraction of sp³-hybridized carbons (Fsp3) is 0.235. The molecule has 0 saturated heterocycles. The standard InChI is InChI=1S/C17H13ClF5NO4/c1-26-13-8-9(6-7-12(13)27-16(20)21)14(25)24-10-4-2-3-5-11(10)28-17(22,23)15(18)19/h2-8,15-16H,1H3,(H,24,25). The van der Waals surface area contributed by atoms with E-state index in [2.05, 4.69) is 14.8 Å². The van der Waals surface area contributed by atoms with Crippen LogP contribution in [0, 0.1) is 0 Å². The predicted molar refractivity (Wildman–Crippen MR) is 90.3 cm³/mol. The molecular weight excluding hydrogens is 413 g/mol. The Kier molecular flexibility index (Phi) is 6.90. The summed E-state index contributed by atoms with van der Waals surface area (Å²) in [6.07, 6.45) is -4.33. The van der Waals surface area contributed by atoms with Gasteiger partial charge in [0.1, 0.15) is 5.75 Å². The molecule has 2 aromatic rings. The van der Waals surface area contributed by atoms with Crippen LogP contribution in [0.4, 0.5) is 27.6 Å². The number of ether oxygens (including phenoxy) is 3. The van der Waals surface area contributed by atoms with Crippen LogP contribution in [-0.2, 0) is 0 Å². The maximum absolute atomic E-state index is 13.4. The van der Waals surface area contributed by atoms with E-state index in [9.17, 15) is 26.7 Å². The Morgan fingerprint density at radius 3 is 2.36 bits per heavy atom. The molecule has 1 N–H and O–H groups in total. The number of benzene rings is 2. The third-order valence-electron chi connectivity index (χ3n) is 3.28. The lowest BCUT2D eigenvalue weighted by Crippen LogP contribution is -2.33. The van der Waals surface area contributed by atoms with Crippen molar-refractivity contribution in [3.05, 3.63) is 48.0 Å². The lowest BCUT2D eigenvalue weighted by molar-refractivity contribution is -0.198. The first-order valence-corrected chi connectivity index (χ1v) is 7.96. The number of alkyl halides is 6. The second-order valence-electron chi connectivity index (χ2n) is 5.16. The van der Waals surface area contributed by atoms with E-state index in [1.54, 1.807) is 0 Å². The van der Waals surface area contributed by atoms with Gasteiger partial charge in [0.2, 0.25) is 0 Å². The zero-order chi connectivity index (χ0) is 20.9. The Morgan fingerprint density at radius 2 is 1.75 bits per heavy atom. The van der Waals surface area contributed by atoms with E-state index in [1.165, 1.54) is 25.3 Å². The quantitative estimate of drug-likeness (QED) is 0.475. The number of nitrogens with one attached hydrogen (secondary N) is 1. The summed E-state index contributed by atoms with van der Waals surface area (Å²) in [6, 6.07) is 8.39. The molecule has 0 heterocycles. The Bertz CT molecular complexity index is 835. The molecule has 1 amide bonds. The first-order chi connectivity index (χ1) is 13.1. The number of methoxy groups -OCH3 is 1. The van der Waals surface area contributed by atoms with Crippen molar-refractivity contribution in [1.29, 1.82) is 0 Å². The van der Waals surface area contributed by atoms with E-state index >= 15 is 0 Å². The van der Waals surface area contributed by atoms with Gasteiger partial charge in [0.05, 0.1) is 12.8 Å². The topological polar surface area (TPSA) is 56.8 Å². The van der Waals surface area contributed by atoms with Gasteiger partial charge in [-0.1, -0.05) is 23.7 Å². The molecule has 0 fully saturated rings. The van der Waals surface area contributed by atoms with Gasteiger partial charge in [0.15, 0.2) is 11.5 Å². The maximum atomic E-state index is 13.4. The highest BCUT2D eigenvalue weighted by Crippen LogP contribution is 2.34. The SMILES string of the molecule is COc1cc(C(=O)Nc2ccccc2OC(F)(F)C(F)Cl)ccc1OC(F)F. The van der Waals surface area contributed by atoms with Gasteiger partial charge in [0, 0.05) is 5.56 Å². The van der Waals surface area contributed by atoms with Crippen LogP contribution >= 0.6 is 11.6 Å². The van der Waals surface area contributed by atoms with E-state index in [-0.39, 0.29) is 22.7 Å². The fourth-order valence-corrected chi connectivity index (χ4v) is 2.09. The highest BCUT2D eigenvalue weighted by molar-refractivity contribution is 6.20. The number of halogens is 6. The van der Waals surface area contributed by atoms with E-state index in [4.69, 9.17) is 16.3 Å². The molecule has 0 radical (unpaired) electrons. The third kappa shape index (κ3) is 5.38. The van der Waals surface area contributed by atoms with E-state index < -0.39 is 30.0 Å². The van der Waals surface area contributed by atoms with E-state index in [0.717, 1.165) is 24.3 Å². The van der Waals surface area contributed by atoms with Crippen LogP contribution in [0.25, 0.3) is 0 Å². The van der Waals surface area contributed by atoms with Crippen molar-refractivity contribution >= 4 is 23.2 Å². The van der Waals surface area contributed by atoms with Crippen LogP contribution in [0.15, 0.2) is 42.5 Å². The molecule has 0 saturated carbocycles. The van der Waals surface area contributed by atoms with Crippen LogP contribution in [0.1, 0.15) is 10.4 Å². The predicted octanol–water partition coefficient (Wildman–Crippen LogP) is 5.05. The van der Waals surface area contributed by atoms with Crippen molar-refractivity contribution < 1.29 is 41.0 Å². The molecule has 0 bridgehead atoms. The molecule has 2 rings (SSSR count). The number of para-hydroxylation sites is 2. The molecular formula is C17H13ClF5NO4. The highest BCUT2D eigenvalue weighted by atomic mass is 35.5. The van der Waals surface area contributed by atoms with Crippen molar-refractivity contribution in [3.8, 4) is 17.2 Å². The van der Waals surface area contributed by atoms with Gasteiger partial charge >= 0.3 is 12.7 Å². The van der Waals surface area contributed by atoms with Crippen molar-refractivity contribution in [2.75, 3.05) is 12.4 Å². The molecule has 11 heteroatoms. The normalized spacial score (nSPS) is 12.4.